The van der Waals surface area contributed by atoms with Gasteiger partial charge in [0.2, 0.25) is 0 Å². The van der Waals surface area contributed by atoms with Crippen LogP contribution in [-0.4, -0.2) is 17.6 Å². The van der Waals surface area contributed by atoms with Crippen LogP contribution in [0.25, 0.3) is 6.08 Å². The topological polar surface area (TPSA) is 50.8 Å². The lowest BCUT2D eigenvalue weighted by Crippen LogP contribution is -2.30. The minimum atomic E-state index is -0.204. The van der Waals surface area contributed by atoms with Crippen molar-refractivity contribution in [3.05, 3.63) is 95.7 Å². The zero-order valence-electron chi connectivity index (χ0n) is 17.1. The molecule has 0 saturated carbocycles. The van der Waals surface area contributed by atoms with Gasteiger partial charge >= 0.3 is 0 Å². The SMILES string of the molecule is CCOc1ccc(N2C(=O)/C(=C\c3cccc(OCc4ccccc4)c3)NC2=S)cc1. The van der Waals surface area contributed by atoms with Gasteiger partial charge in [0.25, 0.3) is 5.91 Å². The van der Waals surface area contributed by atoms with Crippen molar-refractivity contribution < 1.29 is 14.3 Å². The molecular formula is C25H22N2O3S. The van der Waals surface area contributed by atoms with Crippen molar-refractivity contribution in [2.75, 3.05) is 11.5 Å². The molecule has 156 valence electrons. The molecule has 1 aliphatic rings. The van der Waals surface area contributed by atoms with Gasteiger partial charge in [-0.15, -0.1) is 0 Å². The van der Waals surface area contributed by atoms with Crippen LogP contribution in [-0.2, 0) is 11.4 Å². The van der Waals surface area contributed by atoms with Crippen molar-refractivity contribution in [3.8, 4) is 11.5 Å². The molecule has 1 fully saturated rings. The van der Waals surface area contributed by atoms with E-state index in [4.69, 9.17) is 21.7 Å². The van der Waals surface area contributed by atoms with E-state index in [1.807, 2.05) is 85.8 Å². The monoisotopic (exact) mass is 430 g/mol. The number of nitrogens with one attached hydrogen (secondary N) is 1. The number of hydrogen-bond donors (Lipinski definition) is 1. The number of thiocarbonyl (C=S) groups is 1. The van der Waals surface area contributed by atoms with E-state index in [9.17, 15) is 4.79 Å². The van der Waals surface area contributed by atoms with Crippen LogP contribution >= 0.6 is 12.2 Å². The third-order valence-corrected chi connectivity index (χ3v) is 4.99. The predicted molar refractivity (Wildman–Crippen MR) is 126 cm³/mol. The Morgan fingerprint density at radius 3 is 2.45 bits per heavy atom. The predicted octanol–water partition coefficient (Wildman–Crippen LogP) is 4.93. The summed E-state index contributed by atoms with van der Waals surface area (Å²) in [6.07, 6.45) is 1.78. The molecule has 0 bridgehead atoms. The van der Waals surface area contributed by atoms with Crippen molar-refractivity contribution in [2.45, 2.75) is 13.5 Å². The second-order valence-corrected chi connectivity index (χ2v) is 7.29. The first-order valence-corrected chi connectivity index (χ1v) is 10.4. The molecule has 1 amide bonds. The van der Waals surface area contributed by atoms with E-state index in [2.05, 4.69) is 5.32 Å². The Morgan fingerprint density at radius 2 is 1.71 bits per heavy atom. The number of benzene rings is 3. The molecule has 1 heterocycles. The molecule has 0 aliphatic carbocycles. The quantitative estimate of drug-likeness (QED) is 0.426. The van der Waals surface area contributed by atoms with Crippen molar-refractivity contribution in [1.29, 1.82) is 0 Å². The molecular weight excluding hydrogens is 408 g/mol. The lowest BCUT2D eigenvalue weighted by atomic mass is 10.1. The summed E-state index contributed by atoms with van der Waals surface area (Å²) in [5, 5.41) is 3.36. The Morgan fingerprint density at radius 1 is 0.935 bits per heavy atom. The summed E-state index contributed by atoms with van der Waals surface area (Å²) < 4.78 is 11.3. The Hall–Kier alpha value is -3.64. The maximum atomic E-state index is 13.0. The van der Waals surface area contributed by atoms with Gasteiger partial charge in [0, 0.05) is 0 Å². The third kappa shape index (κ3) is 4.92. The minimum absolute atomic E-state index is 0.204. The Labute approximate surface area is 186 Å². The van der Waals surface area contributed by atoms with Crippen LogP contribution in [0.1, 0.15) is 18.1 Å². The van der Waals surface area contributed by atoms with Gasteiger partial charge in [-0.25, -0.2) is 0 Å². The maximum Gasteiger partial charge on any atom is 0.281 e. The summed E-state index contributed by atoms with van der Waals surface area (Å²) in [5.74, 6) is 1.28. The van der Waals surface area contributed by atoms with Crippen molar-refractivity contribution in [2.24, 2.45) is 0 Å². The summed E-state index contributed by atoms with van der Waals surface area (Å²) in [6.45, 7) is 2.99. The number of hydrogen-bond acceptors (Lipinski definition) is 4. The molecule has 4 rings (SSSR count). The number of ether oxygens (including phenoxy) is 2. The zero-order valence-corrected chi connectivity index (χ0v) is 17.9. The van der Waals surface area contributed by atoms with Crippen LogP contribution in [0.15, 0.2) is 84.6 Å². The number of anilines is 1. The van der Waals surface area contributed by atoms with E-state index >= 15 is 0 Å². The summed E-state index contributed by atoms with van der Waals surface area (Å²) in [6, 6.07) is 24.9. The van der Waals surface area contributed by atoms with Gasteiger partial charge in [0.05, 0.1) is 12.3 Å². The first-order valence-electron chi connectivity index (χ1n) is 10.0. The summed E-state index contributed by atoms with van der Waals surface area (Å²) in [5.41, 5.74) is 3.04. The molecule has 3 aromatic rings. The summed E-state index contributed by atoms with van der Waals surface area (Å²) in [7, 11) is 0. The smallest absolute Gasteiger partial charge is 0.281 e. The lowest BCUT2D eigenvalue weighted by molar-refractivity contribution is -0.113. The molecule has 5 nitrogen and oxygen atoms in total. The van der Waals surface area contributed by atoms with Crippen LogP contribution in [0.2, 0.25) is 0 Å². The van der Waals surface area contributed by atoms with Gasteiger partial charge < -0.3 is 14.8 Å². The number of carbonyl (C=O) groups excluding carboxylic acids is 1. The first kappa shape index (κ1) is 20.6. The van der Waals surface area contributed by atoms with Crippen molar-refractivity contribution in [3.63, 3.8) is 0 Å². The van der Waals surface area contributed by atoms with E-state index in [-0.39, 0.29) is 5.91 Å². The molecule has 0 atom stereocenters. The number of amides is 1. The Kier molecular flexibility index (Phi) is 6.29. The van der Waals surface area contributed by atoms with E-state index in [1.165, 1.54) is 4.90 Å². The molecule has 0 radical (unpaired) electrons. The van der Waals surface area contributed by atoms with Gasteiger partial charge in [-0.1, -0.05) is 42.5 Å². The molecule has 0 unspecified atom stereocenters. The van der Waals surface area contributed by atoms with Gasteiger partial charge in [-0.2, -0.15) is 0 Å². The Bertz CT molecular complexity index is 1110. The van der Waals surface area contributed by atoms with Crippen LogP contribution in [0.3, 0.4) is 0 Å². The van der Waals surface area contributed by atoms with Gasteiger partial charge in [0.15, 0.2) is 5.11 Å². The lowest BCUT2D eigenvalue weighted by Gasteiger charge is -2.14. The number of rotatable bonds is 7. The molecule has 1 N–H and O–H groups in total. The first-order chi connectivity index (χ1) is 15.1. The molecule has 1 saturated heterocycles. The van der Waals surface area contributed by atoms with Crippen molar-refractivity contribution >= 4 is 35.0 Å². The maximum absolute atomic E-state index is 13.0. The fraction of sp³-hybridized carbons (Fsp3) is 0.120. The average molecular weight is 431 g/mol. The van der Waals surface area contributed by atoms with E-state index in [0.29, 0.717) is 29.7 Å². The molecule has 1 aliphatic heterocycles. The average Bonchev–Trinajstić information content (AvgIpc) is 3.07. The number of carbonyl (C=O) groups is 1. The molecule has 3 aromatic carbocycles. The summed E-state index contributed by atoms with van der Waals surface area (Å²) >= 11 is 5.40. The van der Waals surface area contributed by atoms with Crippen LogP contribution < -0.4 is 19.7 Å². The van der Waals surface area contributed by atoms with E-state index < -0.39 is 0 Å². The molecule has 0 spiro atoms. The van der Waals surface area contributed by atoms with E-state index in [1.54, 1.807) is 6.08 Å². The highest BCUT2D eigenvalue weighted by atomic mass is 32.1. The standard InChI is InChI=1S/C25H22N2O3S/c1-2-29-21-13-11-20(12-14-21)27-24(28)23(26-25(27)31)16-19-9-6-10-22(15-19)30-17-18-7-4-3-5-8-18/h3-16H,2,17H2,1H3,(H,26,31)/b23-16+. The fourth-order valence-corrected chi connectivity index (χ4v) is 3.53. The highest BCUT2D eigenvalue weighted by Gasteiger charge is 2.31. The fourth-order valence-electron chi connectivity index (χ4n) is 3.23. The highest BCUT2D eigenvalue weighted by Crippen LogP contribution is 2.25. The zero-order chi connectivity index (χ0) is 21.6. The highest BCUT2D eigenvalue weighted by molar-refractivity contribution is 7.80. The van der Waals surface area contributed by atoms with Crippen molar-refractivity contribution in [1.82, 2.24) is 5.32 Å². The van der Waals surface area contributed by atoms with Gasteiger partial charge in [-0.3, -0.25) is 9.69 Å². The second-order valence-electron chi connectivity index (χ2n) is 6.90. The van der Waals surface area contributed by atoms with Crippen LogP contribution in [0, 0.1) is 0 Å². The van der Waals surface area contributed by atoms with E-state index in [0.717, 1.165) is 22.6 Å². The summed E-state index contributed by atoms with van der Waals surface area (Å²) in [4.78, 5) is 14.5. The largest absolute Gasteiger partial charge is 0.494 e. The molecule has 0 aromatic heterocycles. The normalized spacial score (nSPS) is 14.6. The van der Waals surface area contributed by atoms with Gasteiger partial charge in [0.1, 0.15) is 23.8 Å². The van der Waals surface area contributed by atoms with Gasteiger partial charge in [-0.05, 0) is 72.7 Å². The number of nitrogens with zero attached hydrogens (tertiary/aromatic N) is 1. The molecule has 6 heteroatoms. The van der Waals surface area contributed by atoms with Crippen LogP contribution in [0.5, 0.6) is 11.5 Å². The second kappa shape index (κ2) is 9.45. The van der Waals surface area contributed by atoms with Crippen LogP contribution in [0.4, 0.5) is 5.69 Å². The third-order valence-electron chi connectivity index (χ3n) is 4.70. The molecule has 31 heavy (non-hydrogen) atoms. The minimum Gasteiger partial charge on any atom is -0.494 e. The Balaban J connectivity index is 1.48.